The van der Waals surface area contributed by atoms with Gasteiger partial charge < -0.3 is 9.80 Å². The number of hydrogen-bond donors (Lipinski definition) is 0. The summed E-state index contributed by atoms with van der Waals surface area (Å²) in [6.07, 6.45) is 0. The minimum atomic E-state index is -0.641. The maximum atomic E-state index is 2.75. The molecule has 0 saturated heterocycles. The van der Waals surface area contributed by atoms with Crippen LogP contribution in [0.1, 0.15) is 154 Å². The van der Waals surface area contributed by atoms with Crippen LogP contribution >= 0.6 is 11.8 Å². The summed E-state index contributed by atoms with van der Waals surface area (Å²) < 4.78 is 0. The second-order valence-electron chi connectivity index (χ2n) is 34.6. The summed E-state index contributed by atoms with van der Waals surface area (Å²) in [6, 6.07) is 109. The SMILES string of the molecule is CC(C)(C)c1cc(-c2ccc3c(c2)Sc2cc(-c4ccc5c(c4)C4(c6ccccc6-c6ccccc64)c4ccccc4N5c4ccccc4)cc4c2B3c2ccc(-c3cc(C(C)(C)C)cc(C(C)(C)C)c3)cc2N4c2c(-c3ccccc3)cc(C(C)(C)C)cc2-c2ccccc2)cc(C(C)(C)C)c1. The lowest BCUT2D eigenvalue weighted by Gasteiger charge is -2.45. The first-order valence-corrected chi connectivity index (χ1v) is 37.9. The van der Waals surface area contributed by atoms with E-state index in [1.54, 1.807) is 0 Å². The van der Waals surface area contributed by atoms with E-state index in [2.05, 4.69) is 393 Å². The number of benzene rings is 13. The molecule has 0 amide bonds. The highest BCUT2D eigenvalue weighted by atomic mass is 32.2. The zero-order valence-corrected chi connectivity index (χ0v) is 63.3. The average Bonchev–Trinajstić information content (AvgIpc) is 1.62. The smallest absolute Gasteiger partial charge is 0.249 e. The van der Waals surface area contributed by atoms with Gasteiger partial charge in [0.2, 0.25) is 6.71 Å². The van der Waals surface area contributed by atoms with E-state index < -0.39 is 5.41 Å². The van der Waals surface area contributed by atoms with Crippen molar-refractivity contribution >= 4 is 69.0 Å². The predicted octanol–water partition coefficient (Wildman–Crippen LogP) is 25.4. The lowest BCUT2D eigenvalue weighted by molar-refractivity contribution is 0.568. The van der Waals surface area contributed by atoms with Crippen LogP contribution in [-0.2, 0) is 32.5 Å². The standard InChI is InChI=1S/C99H91BN2S/c1-94(2,3)70-49-67(50-71(58-70)95(4,5)6)65-43-46-84-88(54-65)102(93-78(62-31-19-16-20-32-62)60-74(98(13,14)15)61-79(93)63-33-21-17-22-34-63)89-55-69(57-91-92(89)100(84)85-47-44-66(56-90(85)103-91)68-51-72(96(7,8)9)59-73(52-68)97(10,11)12)64-45-48-87-83(53-64)99(80-39-27-25-37-76(80)77-38-26-28-40-81(77)99)82-41-29-30-42-86(82)101(87)75-35-23-18-24-36-75/h16-61H,1-15H3. The van der Waals surface area contributed by atoms with Crippen LogP contribution in [0.4, 0.5) is 34.1 Å². The fourth-order valence-corrected chi connectivity index (χ4v) is 18.2. The molecule has 0 fully saturated rings. The van der Waals surface area contributed by atoms with Crippen LogP contribution in [-0.4, -0.2) is 6.71 Å². The van der Waals surface area contributed by atoms with Gasteiger partial charge in [0, 0.05) is 38.0 Å². The summed E-state index contributed by atoms with van der Waals surface area (Å²) in [6.45, 7) is 35.2. The molecule has 506 valence electrons. The summed E-state index contributed by atoms with van der Waals surface area (Å²) in [5, 5.41) is 0. The number of para-hydroxylation sites is 2. The zero-order chi connectivity index (χ0) is 71.4. The number of fused-ring (bicyclic) bond motifs is 13. The summed E-state index contributed by atoms with van der Waals surface area (Å²) in [7, 11) is 0. The quantitative estimate of drug-likeness (QED) is 0.147. The Hall–Kier alpha value is -10.1. The number of anilines is 6. The Kier molecular flexibility index (Phi) is 15.4. The maximum absolute atomic E-state index is 2.75. The van der Waals surface area contributed by atoms with Crippen molar-refractivity contribution in [2.45, 2.75) is 146 Å². The zero-order valence-electron chi connectivity index (χ0n) is 62.4. The van der Waals surface area contributed by atoms with E-state index in [1.165, 1.54) is 171 Å². The van der Waals surface area contributed by atoms with Crippen molar-refractivity contribution in [1.29, 1.82) is 0 Å². The molecule has 17 rings (SSSR count). The van der Waals surface area contributed by atoms with Crippen molar-refractivity contribution in [3.63, 3.8) is 0 Å². The fraction of sp³-hybridized carbons (Fsp3) is 0.212. The largest absolute Gasteiger partial charge is 0.310 e. The normalized spacial score (nSPS) is 14.1. The maximum Gasteiger partial charge on any atom is 0.249 e. The first-order chi connectivity index (χ1) is 49.2. The van der Waals surface area contributed by atoms with E-state index in [0.717, 1.165) is 5.69 Å². The Labute approximate surface area is 616 Å². The van der Waals surface area contributed by atoms with Crippen LogP contribution < -0.4 is 26.2 Å². The Morgan fingerprint density at radius 1 is 0.262 bits per heavy atom. The van der Waals surface area contributed by atoms with Gasteiger partial charge in [0.1, 0.15) is 0 Å². The number of hydrogen-bond acceptors (Lipinski definition) is 3. The molecular weight excluding hydrogens is 1260 g/mol. The Morgan fingerprint density at radius 2 is 0.660 bits per heavy atom. The van der Waals surface area contributed by atoms with E-state index in [-0.39, 0.29) is 33.8 Å². The van der Waals surface area contributed by atoms with Crippen LogP contribution in [0, 0.1) is 0 Å². The van der Waals surface area contributed by atoms with Crippen molar-refractivity contribution in [2.75, 3.05) is 9.80 Å². The van der Waals surface area contributed by atoms with Crippen molar-refractivity contribution in [3.8, 4) is 66.8 Å². The van der Waals surface area contributed by atoms with Gasteiger partial charge in [-0.15, -0.1) is 0 Å². The van der Waals surface area contributed by atoms with Crippen LogP contribution in [0.15, 0.2) is 289 Å². The van der Waals surface area contributed by atoms with Crippen LogP contribution in [0.25, 0.3) is 66.8 Å². The van der Waals surface area contributed by atoms with E-state index >= 15 is 0 Å². The lowest BCUT2D eigenvalue weighted by Crippen LogP contribution is -2.59. The molecule has 3 aliphatic heterocycles. The molecule has 0 bridgehead atoms. The van der Waals surface area contributed by atoms with Crippen LogP contribution in [0.3, 0.4) is 0 Å². The van der Waals surface area contributed by atoms with Crippen LogP contribution in [0.2, 0.25) is 0 Å². The lowest BCUT2D eigenvalue weighted by atomic mass is 9.34. The van der Waals surface area contributed by atoms with Gasteiger partial charge in [0.15, 0.2) is 0 Å². The average molecular weight is 1350 g/mol. The second-order valence-corrected chi connectivity index (χ2v) is 35.6. The van der Waals surface area contributed by atoms with Crippen molar-refractivity contribution < 1.29 is 0 Å². The summed E-state index contributed by atoms with van der Waals surface area (Å²) in [5.41, 5.74) is 36.3. The molecule has 1 aliphatic carbocycles. The molecule has 0 unspecified atom stereocenters. The van der Waals surface area contributed by atoms with Gasteiger partial charge in [-0.1, -0.05) is 333 Å². The van der Waals surface area contributed by atoms with Gasteiger partial charge in [-0.3, -0.25) is 0 Å². The molecule has 0 atom stereocenters. The molecule has 0 saturated carbocycles. The number of rotatable bonds is 7. The molecule has 2 nitrogen and oxygen atoms in total. The van der Waals surface area contributed by atoms with Crippen molar-refractivity contribution in [1.82, 2.24) is 0 Å². The molecule has 1 spiro atoms. The predicted molar refractivity (Wildman–Crippen MR) is 443 cm³/mol. The molecule has 4 aliphatic rings. The number of nitrogens with zero attached hydrogens (tertiary/aromatic N) is 2. The Bertz CT molecular complexity index is 5400. The first kappa shape index (κ1) is 66.1. The molecule has 13 aromatic carbocycles. The van der Waals surface area contributed by atoms with Gasteiger partial charge >= 0.3 is 0 Å². The third-order valence-corrected chi connectivity index (χ3v) is 23.8. The molecule has 103 heavy (non-hydrogen) atoms. The topological polar surface area (TPSA) is 6.48 Å². The minimum absolute atomic E-state index is 0.0402. The second kappa shape index (κ2) is 24.0. The van der Waals surface area contributed by atoms with Gasteiger partial charge in [-0.25, -0.2) is 0 Å². The van der Waals surface area contributed by atoms with Gasteiger partial charge in [0.25, 0.3) is 0 Å². The van der Waals surface area contributed by atoms with Gasteiger partial charge in [0.05, 0.1) is 22.5 Å². The van der Waals surface area contributed by atoms with E-state index in [9.17, 15) is 0 Å². The van der Waals surface area contributed by atoms with Crippen LogP contribution in [0.5, 0.6) is 0 Å². The molecular formula is C99H91BN2S. The molecule has 4 heteroatoms. The monoisotopic (exact) mass is 1350 g/mol. The summed E-state index contributed by atoms with van der Waals surface area (Å²) in [4.78, 5) is 7.82. The molecule has 0 aromatic heterocycles. The van der Waals surface area contributed by atoms with E-state index in [1.807, 2.05) is 11.8 Å². The Morgan fingerprint density at radius 3 is 1.18 bits per heavy atom. The van der Waals surface area contributed by atoms with Crippen molar-refractivity contribution in [3.05, 3.63) is 329 Å². The molecule has 3 heterocycles. The first-order valence-electron chi connectivity index (χ1n) is 37.1. The molecule has 0 radical (unpaired) electrons. The minimum Gasteiger partial charge on any atom is -0.310 e. The van der Waals surface area contributed by atoms with Gasteiger partial charge in [-0.2, -0.15) is 0 Å². The van der Waals surface area contributed by atoms with Gasteiger partial charge in [-0.05, 0) is 210 Å². The van der Waals surface area contributed by atoms with E-state index in [0.29, 0.717) is 0 Å². The highest BCUT2D eigenvalue weighted by molar-refractivity contribution is 8.00. The third-order valence-electron chi connectivity index (χ3n) is 22.6. The van der Waals surface area contributed by atoms with Crippen molar-refractivity contribution in [2.24, 2.45) is 0 Å². The highest BCUT2D eigenvalue weighted by Gasteiger charge is 2.52. The summed E-state index contributed by atoms with van der Waals surface area (Å²) in [5.74, 6) is 0. The van der Waals surface area contributed by atoms with E-state index in [4.69, 9.17) is 0 Å². The molecule has 13 aromatic rings. The third kappa shape index (κ3) is 11.0. The molecule has 0 N–H and O–H groups in total. The summed E-state index contributed by atoms with van der Waals surface area (Å²) >= 11 is 1.96. The highest BCUT2D eigenvalue weighted by Crippen LogP contribution is 2.64. The fourth-order valence-electron chi connectivity index (χ4n) is 17.0. The Balaban J connectivity index is 1.00.